The van der Waals surface area contributed by atoms with Crippen LogP contribution in [0.5, 0.6) is 0 Å². The van der Waals surface area contributed by atoms with E-state index in [1.807, 2.05) is 0 Å². The molecular weight excluding hydrogens is 134 g/mol. The molecular formula is C3H2FO3P. The molecule has 0 aliphatic carbocycles. The van der Waals surface area contributed by atoms with Crippen molar-refractivity contribution >= 4 is 13.9 Å². The average Bonchev–Trinajstić information content (AvgIpc) is 1.67. The van der Waals surface area contributed by atoms with Crippen molar-refractivity contribution in [3.8, 4) is 5.63 Å². The van der Waals surface area contributed by atoms with Crippen LogP contribution in [-0.2, 0) is 9.36 Å². The van der Waals surface area contributed by atoms with Gasteiger partial charge in [-0.25, -0.2) is 0 Å². The Morgan fingerprint density at radius 2 is 2.38 bits per heavy atom. The summed E-state index contributed by atoms with van der Waals surface area (Å²) >= 11 is 0. The summed E-state index contributed by atoms with van der Waals surface area (Å²) in [6.45, 7) is 0. The first-order valence-electron chi connectivity index (χ1n) is 1.63. The van der Waals surface area contributed by atoms with Crippen molar-refractivity contribution in [2.45, 2.75) is 6.17 Å². The van der Waals surface area contributed by atoms with E-state index in [4.69, 9.17) is 5.11 Å². The predicted octanol–water partition coefficient (Wildman–Crippen LogP) is 0.660. The Hall–Kier alpha value is -0.590. The molecule has 0 aliphatic rings. The van der Waals surface area contributed by atoms with Crippen LogP contribution in [0.2, 0.25) is 0 Å². The van der Waals surface area contributed by atoms with Crippen molar-refractivity contribution in [3.63, 3.8) is 0 Å². The van der Waals surface area contributed by atoms with Crippen LogP contribution in [0.3, 0.4) is 0 Å². The number of halogens is 1. The fraction of sp³-hybridized carbons (Fsp3) is 0.333. The second-order valence-electron chi connectivity index (χ2n) is 0.921. The molecule has 0 radical (unpaired) electrons. The number of hydrogen-bond acceptors (Lipinski definition) is 2. The molecule has 0 aromatic rings. The summed E-state index contributed by atoms with van der Waals surface area (Å²) in [5.41, 5.74) is 1.50. The summed E-state index contributed by atoms with van der Waals surface area (Å²) in [6.07, 6.45) is -2.24. The molecule has 0 aromatic carbocycles. The molecule has 0 aliphatic heterocycles. The van der Waals surface area contributed by atoms with E-state index in [9.17, 15) is 13.8 Å². The van der Waals surface area contributed by atoms with Gasteiger partial charge < -0.3 is 0 Å². The first kappa shape index (κ1) is 7.41. The van der Waals surface area contributed by atoms with Crippen LogP contribution in [0, 0.1) is 5.63 Å². The molecule has 1 atom stereocenters. The third kappa shape index (κ3) is 2.56. The maximum atomic E-state index is 11.6. The van der Waals surface area contributed by atoms with Crippen molar-refractivity contribution in [1.29, 1.82) is 0 Å². The van der Waals surface area contributed by atoms with Gasteiger partial charge in [0.2, 0.25) is 0 Å². The van der Waals surface area contributed by atoms with Crippen LogP contribution >= 0.6 is 7.92 Å². The van der Waals surface area contributed by atoms with E-state index < -0.39 is 20.1 Å². The van der Waals surface area contributed by atoms with Crippen molar-refractivity contribution in [3.05, 3.63) is 0 Å². The van der Waals surface area contributed by atoms with E-state index in [2.05, 4.69) is 0 Å². The van der Waals surface area contributed by atoms with E-state index in [1.165, 1.54) is 5.63 Å². The van der Waals surface area contributed by atoms with Gasteiger partial charge in [-0.2, -0.15) is 0 Å². The van der Waals surface area contributed by atoms with Gasteiger partial charge in [-0.3, -0.25) is 0 Å². The summed E-state index contributed by atoms with van der Waals surface area (Å²) in [7, 11) is -0.721. The maximum absolute atomic E-state index is 11.6. The Bertz CT molecular complexity index is 182. The summed E-state index contributed by atoms with van der Waals surface area (Å²) in [4.78, 5) is 9.51. The van der Waals surface area contributed by atoms with E-state index in [-0.39, 0.29) is 0 Å². The minimum absolute atomic E-state index is 0.721. The molecule has 3 nitrogen and oxygen atoms in total. The molecule has 0 amide bonds. The SMILES string of the molecule is O=P#CC(F)C(=O)O. The van der Waals surface area contributed by atoms with Gasteiger partial charge in [-0.1, -0.05) is 0 Å². The fourth-order valence-corrected chi connectivity index (χ4v) is 0.304. The van der Waals surface area contributed by atoms with Gasteiger partial charge in [-0.15, -0.1) is 0 Å². The standard InChI is InChI=1S/C3H2FO3P/c4-2(1-8-7)3(5)6/h2H,(H,5,6). The quantitative estimate of drug-likeness (QED) is 0.538. The third-order valence-electron chi connectivity index (χ3n) is 0.383. The monoisotopic (exact) mass is 136 g/mol. The molecule has 0 spiro atoms. The second-order valence-corrected chi connectivity index (χ2v) is 1.36. The molecule has 0 rings (SSSR count). The fourth-order valence-electron chi connectivity index (χ4n) is 0.101. The molecule has 0 fully saturated rings. The van der Waals surface area contributed by atoms with E-state index in [1.54, 1.807) is 0 Å². The van der Waals surface area contributed by atoms with Gasteiger partial charge in [0.05, 0.1) is 0 Å². The minimum atomic E-state index is -2.24. The van der Waals surface area contributed by atoms with Gasteiger partial charge in [0, 0.05) is 0 Å². The van der Waals surface area contributed by atoms with E-state index in [0.717, 1.165) is 0 Å². The number of carbonyl (C=O) groups is 1. The van der Waals surface area contributed by atoms with Crippen LogP contribution < -0.4 is 0 Å². The Morgan fingerprint density at radius 3 is 2.50 bits per heavy atom. The van der Waals surface area contributed by atoms with Gasteiger partial charge in [0.25, 0.3) is 0 Å². The van der Waals surface area contributed by atoms with Gasteiger partial charge >= 0.3 is 44.5 Å². The van der Waals surface area contributed by atoms with E-state index in [0.29, 0.717) is 0 Å². The van der Waals surface area contributed by atoms with Crippen LogP contribution in [0.4, 0.5) is 4.39 Å². The zero-order valence-electron chi connectivity index (χ0n) is 3.67. The number of alkyl halides is 1. The van der Waals surface area contributed by atoms with Gasteiger partial charge in [-0.05, 0) is 0 Å². The van der Waals surface area contributed by atoms with Gasteiger partial charge in [0.1, 0.15) is 0 Å². The molecule has 0 heterocycles. The number of aliphatic carboxylic acids is 1. The van der Waals surface area contributed by atoms with Crippen LogP contribution in [-0.4, -0.2) is 17.2 Å². The Labute approximate surface area is 45.6 Å². The molecule has 0 aromatic heterocycles. The molecule has 8 heavy (non-hydrogen) atoms. The van der Waals surface area contributed by atoms with Crippen molar-refractivity contribution in [1.82, 2.24) is 0 Å². The molecule has 0 saturated heterocycles. The Kier molecular flexibility index (Phi) is 3.16. The zero-order valence-corrected chi connectivity index (χ0v) is 4.56. The van der Waals surface area contributed by atoms with Crippen LogP contribution in [0.1, 0.15) is 0 Å². The molecule has 0 saturated carbocycles. The second kappa shape index (κ2) is 3.42. The molecule has 0 bridgehead atoms. The molecule has 44 valence electrons. The number of carboxylic acid groups (broad SMARTS) is 1. The van der Waals surface area contributed by atoms with Crippen molar-refractivity contribution in [2.24, 2.45) is 0 Å². The zero-order chi connectivity index (χ0) is 6.57. The van der Waals surface area contributed by atoms with Crippen molar-refractivity contribution in [2.75, 3.05) is 0 Å². The Morgan fingerprint density at radius 1 is 1.88 bits per heavy atom. The molecule has 1 N–H and O–H groups in total. The Balaban J connectivity index is 3.96. The normalized spacial score (nSPS) is 11.6. The average molecular weight is 136 g/mol. The third-order valence-corrected chi connectivity index (χ3v) is 0.715. The van der Waals surface area contributed by atoms with Crippen LogP contribution in [0.25, 0.3) is 0 Å². The summed E-state index contributed by atoms with van der Waals surface area (Å²) in [5.74, 6) is -1.67. The molecule has 1 unspecified atom stereocenters. The number of rotatable bonds is 1. The summed E-state index contributed by atoms with van der Waals surface area (Å²) in [6, 6.07) is 0. The summed E-state index contributed by atoms with van der Waals surface area (Å²) in [5, 5.41) is 7.73. The predicted molar refractivity (Wildman–Crippen MR) is 24.0 cm³/mol. The van der Waals surface area contributed by atoms with Crippen LogP contribution in [0.15, 0.2) is 0 Å². The number of hydrogen-bond donors (Lipinski definition) is 1. The van der Waals surface area contributed by atoms with Gasteiger partial charge in [0.15, 0.2) is 0 Å². The topological polar surface area (TPSA) is 54.4 Å². The first-order valence-corrected chi connectivity index (χ1v) is 2.44. The first-order chi connectivity index (χ1) is 3.68. The van der Waals surface area contributed by atoms with E-state index >= 15 is 0 Å². The number of carboxylic acids is 1. The molecule has 5 heteroatoms. The van der Waals surface area contributed by atoms with Crippen molar-refractivity contribution < 1.29 is 18.9 Å². The summed E-state index contributed by atoms with van der Waals surface area (Å²) < 4.78 is 21.0.